The number of sulfonamides is 1. The van der Waals surface area contributed by atoms with Crippen LogP contribution in [-0.2, 0) is 14.8 Å². The highest BCUT2D eigenvalue weighted by atomic mass is 32.2. The largest absolute Gasteiger partial charge is 0.447 e. The van der Waals surface area contributed by atoms with Gasteiger partial charge in [-0.15, -0.1) is 0 Å². The number of amides is 1. The Bertz CT molecular complexity index is 812. The lowest BCUT2D eigenvalue weighted by molar-refractivity contribution is 0.0688. The molecule has 7 atom stereocenters. The van der Waals surface area contributed by atoms with E-state index in [1.54, 1.807) is 0 Å². The van der Waals surface area contributed by atoms with Gasteiger partial charge < -0.3 is 10.1 Å². The number of cyclic esters (lactones) is 1. The first-order chi connectivity index (χ1) is 15.3. The van der Waals surface area contributed by atoms with Gasteiger partial charge in [0.05, 0.1) is 12.2 Å². The van der Waals surface area contributed by atoms with E-state index in [0.717, 1.165) is 45.2 Å². The van der Waals surface area contributed by atoms with E-state index in [1.165, 1.54) is 0 Å². The standard InChI is InChI=1S/C20H37N7O4S/c1-13-12-31-20(28)27(13)15-6-7-21-18(8-15)26-11-16(10-23-26)32(29,30)24-17-5-3-4-14-9-22-25(2)19(14)17/h13-19,21-24H,3-12H2,1-2H3/t13-,14?,15?,16?,17?,18?,19?/m1/s1. The van der Waals surface area contributed by atoms with E-state index in [9.17, 15) is 13.2 Å². The molecule has 4 saturated heterocycles. The predicted molar refractivity (Wildman–Crippen MR) is 119 cm³/mol. The number of hydrogen-bond donors (Lipinski definition) is 4. The highest BCUT2D eigenvalue weighted by Crippen LogP contribution is 2.32. The molecule has 0 aromatic heterocycles. The Morgan fingerprint density at radius 3 is 2.78 bits per heavy atom. The lowest BCUT2D eigenvalue weighted by atomic mass is 9.82. The summed E-state index contributed by atoms with van der Waals surface area (Å²) in [6.45, 7) is 4.98. The first-order valence-corrected chi connectivity index (χ1v) is 13.5. The number of ether oxygens (including phenoxy) is 1. The molecule has 11 nitrogen and oxygen atoms in total. The van der Waals surface area contributed by atoms with E-state index >= 15 is 0 Å². The molecule has 5 fully saturated rings. The minimum atomic E-state index is -3.46. The number of piperidine rings is 1. The second kappa shape index (κ2) is 8.97. The number of hydrazine groups is 2. The molecule has 5 aliphatic rings. The summed E-state index contributed by atoms with van der Waals surface area (Å²) in [6.07, 6.45) is 4.46. The lowest BCUT2D eigenvalue weighted by Crippen LogP contribution is -2.58. The number of fused-ring (bicyclic) bond motifs is 1. The summed E-state index contributed by atoms with van der Waals surface area (Å²) in [7, 11) is -1.45. The van der Waals surface area contributed by atoms with E-state index in [1.807, 2.05) is 23.9 Å². The van der Waals surface area contributed by atoms with Crippen molar-refractivity contribution in [3.05, 3.63) is 0 Å². The molecule has 4 aliphatic heterocycles. The zero-order valence-corrected chi connectivity index (χ0v) is 19.8. The van der Waals surface area contributed by atoms with Crippen LogP contribution in [0.5, 0.6) is 0 Å². The van der Waals surface area contributed by atoms with Gasteiger partial charge in [0, 0.05) is 44.8 Å². The van der Waals surface area contributed by atoms with E-state index in [-0.39, 0.29) is 36.4 Å². The van der Waals surface area contributed by atoms with E-state index in [2.05, 4.69) is 25.9 Å². The zero-order valence-electron chi connectivity index (χ0n) is 19.0. The van der Waals surface area contributed by atoms with Crippen molar-refractivity contribution >= 4 is 16.1 Å². The van der Waals surface area contributed by atoms with Gasteiger partial charge in [-0.25, -0.2) is 28.0 Å². The molecule has 0 radical (unpaired) electrons. The molecular weight excluding hydrogens is 434 g/mol. The maximum atomic E-state index is 13.3. The number of nitrogens with one attached hydrogen (secondary N) is 4. The number of carbonyl (C=O) groups excluding carboxylic acids is 1. The average Bonchev–Trinajstić information content (AvgIpc) is 3.48. The smallest absolute Gasteiger partial charge is 0.410 e. The second-order valence-electron chi connectivity index (χ2n) is 10.0. The highest BCUT2D eigenvalue weighted by Gasteiger charge is 2.45. The number of nitrogens with zero attached hydrogens (tertiary/aromatic N) is 3. The third kappa shape index (κ3) is 4.26. The Labute approximate surface area is 190 Å². The summed E-state index contributed by atoms with van der Waals surface area (Å²) < 4.78 is 34.8. The van der Waals surface area contributed by atoms with E-state index < -0.39 is 15.3 Å². The fraction of sp³-hybridized carbons (Fsp3) is 0.950. The molecule has 1 aliphatic carbocycles. The third-order valence-electron chi connectivity index (χ3n) is 7.97. The van der Waals surface area contributed by atoms with Crippen molar-refractivity contribution in [1.29, 1.82) is 0 Å². The van der Waals surface area contributed by atoms with E-state index in [4.69, 9.17) is 4.74 Å². The van der Waals surface area contributed by atoms with E-state index in [0.29, 0.717) is 25.6 Å². The molecule has 5 rings (SSSR count). The molecule has 12 heteroatoms. The van der Waals surface area contributed by atoms with Gasteiger partial charge in [0.1, 0.15) is 11.9 Å². The molecule has 4 heterocycles. The van der Waals surface area contributed by atoms with Gasteiger partial charge in [0.2, 0.25) is 10.0 Å². The summed E-state index contributed by atoms with van der Waals surface area (Å²) >= 11 is 0. The monoisotopic (exact) mass is 471 g/mol. The Morgan fingerprint density at radius 2 is 2.00 bits per heavy atom. The summed E-state index contributed by atoms with van der Waals surface area (Å²) in [6, 6.07) is 0.351. The van der Waals surface area contributed by atoms with Crippen LogP contribution in [0.25, 0.3) is 0 Å². The Balaban J connectivity index is 1.20. The van der Waals surface area contributed by atoms with Gasteiger partial charge in [0.25, 0.3) is 0 Å². The molecule has 1 amide bonds. The Hall–Kier alpha value is -1.02. The minimum Gasteiger partial charge on any atom is -0.447 e. The summed E-state index contributed by atoms with van der Waals surface area (Å²) in [5, 5.41) is 7.09. The number of likely N-dealkylation sites (N-methyl/N-ethyl adjacent to an activating group) is 1. The van der Waals surface area contributed by atoms with Gasteiger partial charge in [-0.1, -0.05) is 6.42 Å². The van der Waals surface area contributed by atoms with Gasteiger partial charge in [-0.2, -0.15) is 0 Å². The number of carbonyl (C=O) groups is 1. The Morgan fingerprint density at radius 1 is 1.16 bits per heavy atom. The number of hydrogen-bond acceptors (Lipinski definition) is 9. The molecule has 0 bridgehead atoms. The average molecular weight is 472 g/mol. The van der Waals surface area contributed by atoms with Crippen molar-refractivity contribution in [3.63, 3.8) is 0 Å². The molecule has 0 aromatic carbocycles. The van der Waals surface area contributed by atoms with Crippen LogP contribution in [0.1, 0.15) is 39.0 Å². The lowest BCUT2D eigenvalue weighted by Gasteiger charge is -2.40. The first kappa shape index (κ1) is 22.8. The van der Waals surface area contributed by atoms with Crippen molar-refractivity contribution in [1.82, 2.24) is 35.8 Å². The first-order valence-electron chi connectivity index (χ1n) is 12.0. The summed E-state index contributed by atoms with van der Waals surface area (Å²) in [5.74, 6) is 0.502. The maximum Gasteiger partial charge on any atom is 0.410 e. The predicted octanol–water partition coefficient (Wildman–Crippen LogP) is -0.999. The summed E-state index contributed by atoms with van der Waals surface area (Å²) in [4.78, 5) is 14.0. The number of rotatable bonds is 5. The fourth-order valence-corrected chi connectivity index (χ4v) is 7.82. The quantitative estimate of drug-likeness (QED) is 0.400. The van der Waals surface area contributed by atoms with Crippen LogP contribution >= 0.6 is 0 Å². The summed E-state index contributed by atoms with van der Waals surface area (Å²) in [5.41, 5.74) is 6.67. The van der Waals surface area contributed by atoms with Crippen LogP contribution in [-0.4, -0.2) is 105 Å². The van der Waals surface area contributed by atoms with Crippen molar-refractivity contribution < 1.29 is 17.9 Å². The van der Waals surface area contributed by atoms with Crippen LogP contribution in [0.15, 0.2) is 0 Å². The molecule has 32 heavy (non-hydrogen) atoms. The third-order valence-corrected chi connectivity index (χ3v) is 9.79. The van der Waals surface area contributed by atoms with Gasteiger partial charge in [0.15, 0.2) is 0 Å². The van der Waals surface area contributed by atoms with Crippen LogP contribution in [0, 0.1) is 5.92 Å². The SMILES string of the molecule is C[C@@H]1COC(=O)N1C1CCNC(N2CC(S(=O)(=O)NC3CCCC4CNN(C)C43)CN2)C1. The minimum absolute atomic E-state index is 0.0150. The molecule has 0 aromatic rings. The van der Waals surface area contributed by atoms with Crippen molar-refractivity contribution in [3.8, 4) is 0 Å². The molecule has 182 valence electrons. The van der Waals surface area contributed by atoms with Gasteiger partial charge in [-0.3, -0.25) is 15.8 Å². The van der Waals surface area contributed by atoms with Crippen LogP contribution in [0.2, 0.25) is 0 Å². The maximum absolute atomic E-state index is 13.3. The topological polar surface area (TPSA) is 118 Å². The zero-order chi connectivity index (χ0) is 22.5. The van der Waals surface area contributed by atoms with Gasteiger partial charge in [-0.05, 0) is 45.1 Å². The highest BCUT2D eigenvalue weighted by molar-refractivity contribution is 7.90. The molecule has 4 N–H and O–H groups in total. The fourth-order valence-electron chi connectivity index (χ4n) is 6.30. The Kier molecular flexibility index (Phi) is 6.38. The van der Waals surface area contributed by atoms with Crippen LogP contribution in [0.4, 0.5) is 4.79 Å². The second-order valence-corrected chi connectivity index (χ2v) is 12.0. The molecule has 0 spiro atoms. The van der Waals surface area contributed by atoms with Gasteiger partial charge >= 0.3 is 6.09 Å². The molecule has 6 unspecified atom stereocenters. The normalized spacial score (nSPS) is 41.8. The molecule has 1 saturated carbocycles. The van der Waals surface area contributed by atoms with Crippen LogP contribution < -0.4 is 20.9 Å². The van der Waals surface area contributed by atoms with Crippen molar-refractivity contribution in [2.75, 3.05) is 39.8 Å². The molecular formula is C20H37N7O4S. The van der Waals surface area contributed by atoms with Crippen molar-refractivity contribution in [2.24, 2.45) is 5.92 Å². The van der Waals surface area contributed by atoms with Crippen LogP contribution in [0.3, 0.4) is 0 Å². The van der Waals surface area contributed by atoms with Crippen molar-refractivity contribution in [2.45, 2.75) is 74.6 Å².